The van der Waals surface area contributed by atoms with Crippen LogP contribution in [0.25, 0.3) is 0 Å². The zero-order valence-corrected chi connectivity index (χ0v) is 51.9. The van der Waals surface area contributed by atoms with Crippen molar-refractivity contribution in [3.63, 3.8) is 0 Å². The van der Waals surface area contributed by atoms with Gasteiger partial charge in [-0.2, -0.15) is 0 Å². The number of hydrogen-bond donors (Lipinski definition) is 2. The van der Waals surface area contributed by atoms with Gasteiger partial charge in [-0.05, 0) is 70.0 Å². The second-order valence-corrected chi connectivity index (χ2v) is 24.0. The van der Waals surface area contributed by atoms with E-state index in [4.69, 9.17) is 61.6 Å². The fourth-order valence-electron chi connectivity index (χ4n) is 12.3. The number of rotatable bonds is 14. The third kappa shape index (κ3) is 16.5. The summed E-state index contributed by atoms with van der Waals surface area (Å²) in [4.78, 5) is 25.1. The second kappa shape index (κ2) is 31.2. The van der Waals surface area contributed by atoms with Gasteiger partial charge in [0.25, 0.3) is 0 Å². The lowest BCUT2D eigenvalue weighted by Crippen LogP contribution is -2.65. The molecule has 10 unspecified atom stereocenters. The standard InChI is InChI=1S/C35H40O9.C22H26O4.C15H20O4/c1-21-22(2)40-23(3)30(42-33(37)25-15-9-5-10-16-25)29(21)43-35-32(38-19-24-13-7-4-8-14-24)28(36)31-27(41-35)20-39-34(44-31)26-17-11-6-12-18-26;1-15-20(23-13-17-9-5-3-6-10-17)16(2)25-19-14-24-22(26-21(15)19)18-11-7-4-8-12-18;1-9-10(2)18-11(3)14(13(9)16)19-15(17)12-7-5-4-6-8-12/h4-18,21-23,27-32,34-36H,19-20H2,1-3H3;3-12,15-16,19-22H,13-14H2,1-2H3;4-11,13-14,16H,1-3H3/t21?,22?,23-,27?,28-,29-,30+,31+,32?,34?,35-;15-,16-,19?,20?,21+,22?;9?,10?,11-,13-,14+/m010/s1. The minimum absolute atomic E-state index is 0.00835. The molecule has 0 aliphatic carbocycles. The average Bonchev–Trinajstić information content (AvgIpc) is 1.01. The number of ether oxygens (including phenoxy) is 13. The first-order valence-corrected chi connectivity index (χ1v) is 31.2. The predicted molar refractivity (Wildman–Crippen MR) is 329 cm³/mol. The maximum absolute atomic E-state index is 13.1. The lowest BCUT2D eigenvalue weighted by molar-refractivity contribution is -0.380. The summed E-state index contributed by atoms with van der Waals surface area (Å²) in [6.45, 7) is 17.3. The molecule has 0 saturated carbocycles. The van der Waals surface area contributed by atoms with Crippen molar-refractivity contribution in [2.45, 2.75) is 185 Å². The summed E-state index contributed by atoms with van der Waals surface area (Å²) in [5.74, 6) is -0.910. The Morgan fingerprint density at radius 3 is 1.30 bits per heavy atom. The normalized spacial score (nSPS) is 34.9. The number of benzene rings is 6. The van der Waals surface area contributed by atoms with E-state index in [-0.39, 0.29) is 80.0 Å². The first kappa shape index (κ1) is 65.7. The fourth-order valence-corrected chi connectivity index (χ4v) is 12.3. The van der Waals surface area contributed by atoms with Crippen molar-refractivity contribution in [2.75, 3.05) is 13.2 Å². The molecule has 89 heavy (non-hydrogen) atoms. The lowest BCUT2D eigenvalue weighted by atomic mass is 9.87. The van der Waals surface area contributed by atoms with Crippen LogP contribution in [-0.4, -0.2) is 139 Å². The molecular weight excluding hydrogens is 1140 g/mol. The van der Waals surface area contributed by atoms with Gasteiger partial charge in [-0.25, -0.2) is 9.59 Å². The second-order valence-electron chi connectivity index (χ2n) is 24.0. The van der Waals surface area contributed by atoms with E-state index in [1.165, 1.54) is 5.56 Å². The minimum Gasteiger partial charge on any atom is -0.453 e. The molecule has 0 aromatic heterocycles. The van der Waals surface area contributed by atoms with Crippen LogP contribution in [-0.2, 0) is 74.8 Å². The smallest absolute Gasteiger partial charge is 0.338 e. The van der Waals surface area contributed by atoms with E-state index in [0.29, 0.717) is 24.3 Å². The summed E-state index contributed by atoms with van der Waals surface area (Å²) >= 11 is 0. The van der Waals surface area contributed by atoms with Crippen molar-refractivity contribution >= 4 is 11.9 Å². The Balaban J connectivity index is 0.000000163. The van der Waals surface area contributed by atoms with E-state index in [0.717, 1.165) is 16.7 Å². The number of hydrogen-bond acceptors (Lipinski definition) is 17. The lowest BCUT2D eigenvalue weighted by Gasteiger charge is -2.50. The highest BCUT2D eigenvalue weighted by molar-refractivity contribution is 5.90. The highest BCUT2D eigenvalue weighted by atomic mass is 16.8. The molecule has 12 rings (SSSR count). The number of carbonyl (C=O) groups is 2. The Kier molecular flexibility index (Phi) is 23.0. The molecule has 6 aromatic rings. The molecule has 2 N–H and O–H groups in total. The SMILES string of the molecule is CC1O[C@@H](C)[C@@H](OC(=O)c2ccccc2)[C@@H](O)C1C.CC1O[C@@H](C)[C@@H](OC(=O)c2ccccc2)[C@@H](O[C@@H]2OC3COC(c4ccccc4)O[C@H]3[C@H](O)C2OCc2ccccc2)C1C.C[C@@H]1C(OCc2ccccc2)[C@@H](C)OC2COC(c3ccccc3)O[C@H]21. The molecular formula is C72H86O17. The molecule has 0 bridgehead atoms. The van der Waals surface area contributed by atoms with Crippen molar-refractivity contribution in [1.82, 2.24) is 0 Å². The Morgan fingerprint density at radius 1 is 0.393 bits per heavy atom. The first-order valence-electron chi connectivity index (χ1n) is 31.2. The van der Waals surface area contributed by atoms with Crippen LogP contribution in [0.4, 0.5) is 0 Å². The van der Waals surface area contributed by atoms with Gasteiger partial charge < -0.3 is 71.8 Å². The van der Waals surface area contributed by atoms with Gasteiger partial charge in [0, 0.05) is 28.9 Å². The first-order chi connectivity index (χ1) is 43.1. The molecule has 17 heteroatoms. The molecule has 17 nitrogen and oxygen atoms in total. The van der Waals surface area contributed by atoms with E-state index in [9.17, 15) is 19.8 Å². The number of aliphatic hydroxyl groups is 2. The van der Waals surface area contributed by atoms with Crippen LogP contribution in [0, 0.1) is 17.8 Å². The topological polar surface area (TPSA) is 195 Å². The van der Waals surface area contributed by atoms with Crippen LogP contribution in [0.2, 0.25) is 0 Å². The van der Waals surface area contributed by atoms with Gasteiger partial charge >= 0.3 is 11.9 Å². The van der Waals surface area contributed by atoms with Gasteiger partial charge in [-0.15, -0.1) is 0 Å². The molecule has 6 saturated heterocycles. The summed E-state index contributed by atoms with van der Waals surface area (Å²) in [7, 11) is 0. The molecule has 6 aliphatic heterocycles. The van der Waals surface area contributed by atoms with E-state index < -0.39 is 79.5 Å². The Bertz CT molecular complexity index is 3080. The van der Waals surface area contributed by atoms with E-state index in [1.807, 2.05) is 163 Å². The molecule has 6 aliphatic rings. The van der Waals surface area contributed by atoms with Crippen LogP contribution in [0.3, 0.4) is 0 Å². The summed E-state index contributed by atoms with van der Waals surface area (Å²) in [5, 5.41) is 22.0. The molecule has 22 atom stereocenters. The van der Waals surface area contributed by atoms with Crippen molar-refractivity contribution in [3.05, 3.63) is 215 Å². The summed E-state index contributed by atoms with van der Waals surface area (Å²) in [6, 6.07) is 57.2. The van der Waals surface area contributed by atoms with Crippen molar-refractivity contribution in [2.24, 2.45) is 17.8 Å². The number of carbonyl (C=O) groups excluding carboxylic acids is 2. The van der Waals surface area contributed by atoms with Gasteiger partial charge in [-0.3, -0.25) is 0 Å². The molecule has 6 fully saturated rings. The molecule has 6 aromatic carbocycles. The summed E-state index contributed by atoms with van der Waals surface area (Å²) in [6.07, 6.45) is -9.05. The van der Waals surface area contributed by atoms with Crippen molar-refractivity contribution in [3.8, 4) is 0 Å². The number of fused-ring (bicyclic) bond motifs is 2. The maximum atomic E-state index is 13.1. The zero-order valence-electron chi connectivity index (χ0n) is 51.9. The molecule has 0 spiro atoms. The molecule has 0 radical (unpaired) electrons. The quantitative estimate of drug-likeness (QED) is 0.0977. The van der Waals surface area contributed by atoms with Crippen molar-refractivity contribution < 1.29 is 81.4 Å². The van der Waals surface area contributed by atoms with Crippen LogP contribution in [0.15, 0.2) is 182 Å². The summed E-state index contributed by atoms with van der Waals surface area (Å²) in [5.41, 5.74) is 4.91. The fraction of sp³-hybridized carbons (Fsp3) is 0.472. The van der Waals surface area contributed by atoms with E-state index >= 15 is 0 Å². The third-order valence-corrected chi connectivity index (χ3v) is 17.7. The van der Waals surface area contributed by atoms with Gasteiger partial charge in [0.15, 0.2) is 31.1 Å². The molecule has 6 heterocycles. The predicted octanol–water partition coefficient (Wildman–Crippen LogP) is 11.0. The highest BCUT2D eigenvalue weighted by Crippen LogP contribution is 2.41. The average molecular weight is 1220 g/mol. The summed E-state index contributed by atoms with van der Waals surface area (Å²) < 4.78 is 79.6. The Labute approximate surface area is 522 Å². The highest BCUT2D eigenvalue weighted by Gasteiger charge is 2.54. The van der Waals surface area contributed by atoms with Gasteiger partial charge in [0.1, 0.15) is 36.6 Å². The Hall–Kier alpha value is -6.26. The van der Waals surface area contributed by atoms with Gasteiger partial charge in [-0.1, -0.05) is 178 Å². The molecule has 476 valence electrons. The number of esters is 2. The minimum atomic E-state index is -1.09. The largest absolute Gasteiger partial charge is 0.453 e. The third-order valence-electron chi connectivity index (χ3n) is 17.7. The number of aliphatic hydroxyl groups excluding tert-OH is 2. The van der Waals surface area contributed by atoms with Crippen LogP contribution < -0.4 is 0 Å². The molecule has 0 amide bonds. The Morgan fingerprint density at radius 2 is 0.798 bits per heavy atom. The van der Waals surface area contributed by atoms with Crippen LogP contribution >= 0.6 is 0 Å². The van der Waals surface area contributed by atoms with E-state index in [2.05, 4.69) is 26.0 Å². The van der Waals surface area contributed by atoms with Crippen LogP contribution in [0.5, 0.6) is 0 Å². The van der Waals surface area contributed by atoms with E-state index in [1.54, 1.807) is 48.5 Å². The van der Waals surface area contributed by atoms with Gasteiger partial charge in [0.2, 0.25) is 0 Å². The van der Waals surface area contributed by atoms with Gasteiger partial charge in [0.05, 0.1) is 86.4 Å². The monoisotopic (exact) mass is 1220 g/mol. The van der Waals surface area contributed by atoms with Crippen LogP contribution in [0.1, 0.15) is 111 Å². The zero-order chi connectivity index (χ0) is 62.6. The van der Waals surface area contributed by atoms with Crippen molar-refractivity contribution in [1.29, 1.82) is 0 Å². The maximum Gasteiger partial charge on any atom is 0.338 e.